The highest BCUT2D eigenvalue weighted by atomic mass is 32.2. The molecule has 1 aromatic carbocycles. The number of hydrogen-bond donors (Lipinski definition) is 1. The van der Waals surface area contributed by atoms with Crippen LogP contribution in [0.2, 0.25) is 0 Å². The molecule has 0 aliphatic heterocycles. The van der Waals surface area contributed by atoms with Crippen molar-refractivity contribution in [2.75, 3.05) is 11.1 Å². The lowest BCUT2D eigenvalue weighted by molar-refractivity contribution is -0.113. The van der Waals surface area contributed by atoms with E-state index in [0.717, 1.165) is 16.5 Å². The smallest absolute Gasteiger partial charge is 0.236 e. The molecule has 0 fully saturated rings. The van der Waals surface area contributed by atoms with Crippen LogP contribution in [0.3, 0.4) is 0 Å². The van der Waals surface area contributed by atoms with E-state index >= 15 is 0 Å². The highest BCUT2D eigenvalue weighted by Gasteiger charge is 2.09. The van der Waals surface area contributed by atoms with Crippen LogP contribution in [-0.2, 0) is 11.2 Å². The SMILES string of the molecule is O=C(CSc1nncs1)Nc1nc(Cc2ccccc2)cs1. The molecular formula is C14H12N4OS3. The van der Waals surface area contributed by atoms with Gasteiger partial charge in [-0.25, -0.2) is 4.98 Å². The molecule has 0 radical (unpaired) electrons. The minimum Gasteiger partial charge on any atom is -0.301 e. The minimum absolute atomic E-state index is 0.0826. The molecule has 112 valence electrons. The number of thioether (sulfide) groups is 1. The predicted molar refractivity (Wildman–Crippen MR) is 90.6 cm³/mol. The van der Waals surface area contributed by atoms with E-state index in [1.54, 1.807) is 5.51 Å². The lowest BCUT2D eigenvalue weighted by atomic mass is 10.1. The van der Waals surface area contributed by atoms with E-state index < -0.39 is 0 Å². The lowest BCUT2D eigenvalue weighted by Gasteiger charge is -1.99. The highest BCUT2D eigenvalue weighted by Crippen LogP contribution is 2.21. The monoisotopic (exact) mass is 348 g/mol. The third-order valence-electron chi connectivity index (χ3n) is 2.69. The Bertz CT molecular complexity index is 728. The first-order valence-corrected chi connectivity index (χ1v) is 9.21. The number of carbonyl (C=O) groups is 1. The molecule has 0 saturated heterocycles. The second kappa shape index (κ2) is 7.48. The Morgan fingerprint density at radius 3 is 2.86 bits per heavy atom. The molecule has 8 heteroatoms. The minimum atomic E-state index is -0.0826. The Morgan fingerprint density at radius 2 is 2.09 bits per heavy atom. The van der Waals surface area contributed by atoms with Gasteiger partial charge in [-0.2, -0.15) is 0 Å². The first kappa shape index (κ1) is 15.1. The molecule has 0 aliphatic rings. The topological polar surface area (TPSA) is 67.8 Å². The maximum absolute atomic E-state index is 11.9. The number of nitrogens with one attached hydrogen (secondary N) is 1. The summed E-state index contributed by atoms with van der Waals surface area (Å²) < 4.78 is 0.791. The normalized spacial score (nSPS) is 10.5. The Hall–Kier alpha value is -1.77. The molecule has 0 bridgehead atoms. The van der Waals surface area contributed by atoms with Crippen molar-refractivity contribution >= 4 is 45.5 Å². The Morgan fingerprint density at radius 1 is 1.23 bits per heavy atom. The Balaban J connectivity index is 1.51. The second-order valence-corrected chi connectivity index (χ2v) is 7.26. The van der Waals surface area contributed by atoms with Crippen molar-refractivity contribution in [3.8, 4) is 0 Å². The predicted octanol–water partition coefficient (Wildman–Crippen LogP) is 3.32. The fourth-order valence-corrected chi connectivity index (χ4v) is 3.77. The van der Waals surface area contributed by atoms with Crippen LogP contribution in [0.15, 0.2) is 45.6 Å². The van der Waals surface area contributed by atoms with Gasteiger partial charge >= 0.3 is 0 Å². The largest absolute Gasteiger partial charge is 0.301 e. The van der Waals surface area contributed by atoms with Gasteiger partial charge in [0.05, 0.1) is 11.4 Å². The zero-order chi connectivity index (χ0) is 15.2. The number of amides is 1. The van der Waals surface area contributed by atoms with E-state index in [1.165, 1.54) is 40.0 Å². The maximum Gasteiger partial charge on any atom is 0.236 e. The maximum atomic E-state index is 11.9. The molecule has 0 spiro atoms. The zero-order valence-electron chi connectivity index (χ0n) is 11.4. The van der Waals surface area contributed by atoms with Gasteiger partial charge in [-0.15, -0.1) is 21.5 Å². The molecule has 0 saturated carbocycles. The summed E-state index contributed by atoms with van der Waals surface area (Å²) in [7, 11) is 0. The van der Waals surface area contributed by atoms with Crippen molar-refractivity contribution < 1.29 is 4.79 Å². The van der Waals surface area contributed by atoms with E-state index in [-0.39, 0.29) is 5.91 Å². The van der Waals surface area contributed by atoms with Crippen molar-refractivity contribution in [3.63, 3.8) is 0 Å². The van der Waals surface area contributed by atoms with Crippen molar-refractivity contribution in [1.82, 2.24) is 15.2 Å². The van der Waals surface area contributed by atoms with Crippen LogP contribution in [0.4, 0.5) is 5.13 Å². The van der Waals surface area contributed by atoms with E-state index in [0.29, 0.717) is 10.9 Å². The van der Waals surface area contributed by atoms with Crippen LogP contribution < -0.4 is 5.32 Å². The molecule has 22 heavy (non-hydrogen) atoms. The quantitative estimate of drug-likeness (QED) is 0.692. The second-order valence-electron chi connectivity index (χ2n) is 4.35. The fourth-order valence-electron chi connectivity index (χ4n) is 1.76. The molecule has 2 aromatic heterocycles. The van der Waals surface area contributed by atoms with Crippen molar-refractivity contribution in [2.45, 2.75) is 10.8 Å². The third kappa shape index (κ3) is 4.36. The lowest BCUT2D eigenvalue weighted by Crippen LogP contribution is -2.13. The average Bonchev–Trinajstić information content (AvgIpc) is 3.18. The van der Waals surface area contributed by atoms with Gasteiger partial charge in [0, 0.05) is 11.8 Å². The standard InChI is InChI=1S/C14H12N4OS3/c19-12(8-21-14-18-15-9-22-14)17-13-16-11(7-20-13)6-10-4-2-1-3-5-10/h1-5,7,9H,6,8H2,(H,16,17,19). The van der Waals surface area contributed by atoms with Crippen LogP contribution >= 0.6 is 34.4 Å². The number of anilines is 1. The van der Waals surface area contributed by atoms with Crippen molar-refractivity contribution in [1.29, 1.82) is 0 Å². The molecule has 1 amide bonds. The number of carbonyl (C=O) groups excluding carboxylic acids is 1. The van der Waals surface area contributed by atoms with Gasteiger partial charge in [-0.3, -0.25) is 4.79 Å². The first-order chi connectivity index (χ1) is 10.8. The van der Waals surface area contributed by atoms with Gasteiger partial charge in [0.25, 0.3) is 0 Å². The van der Waals surface area contributed by atoms with Crippen LogP contribution in [0.25, 0.3) is 0 Å². The molecule has 0 aliphatic carbocycles. The number of thiazole rings is 1. The molecule has 1 N–H and O–H groups in total. The zero-order valence-corrected chi connectivity index (χ0v) is 13.9. The number of aromatic nitrogens is 3. The average molecular weight is 348 g/mol. The van der Waals surface area contributed by atoms with Gasteiger partial charge < -0.3 is 5.32 Å². The van der Waals surface area contributed by atoms with E-state index in [9.17, 15) is 4.79 Å². The van der Waals surface area contributed by atoms with Crippen molar-refractivity contribution in [2.24, 2.45) is 0 Å². The summed E-state index contributed by atoms with van der Waals surface area (Å²) in [6.07, 6.45) is 0.771. The summed E-state index contributed by atoms with van der Waals surface area (Å²) in [5, 5.41) is 13.0. The number of nitrogens with zero attached hydrogens (tertiary/aromatic N) is 3. The number of benzene rings is 1. The van der Waals surface area contributed by atoms with Crippen LogP contribution in [-0.4, -0.2) is 26.8 Å². The number of hydrogen-bond acceptors (Lipinski definition) is 7. The third-order valence-corrected chi connectivity index (χ3v) is 5.36. The molecule has 0 atom stereocenters. The van der Waals surface area contributed by atoms with E-state index in [2.05, 4.69) is 32.6 Å². The summed E-state index contributed by atoms with van der Waals surface area (Å²) in [6, 6.07) is 10.1. The van der Waals surface area contributed by atoms with Gasteiger partial charge in [0.1, 0.15) is 5.51 Å². The van der Waals surface area contributed by atoms with Crippen LogP contribution in [0.5, 0.6) is 0 Å². The van der Waals surface area contributed by atoms with E-state index in [4.69, 9.17) is 0 Å². The van der Waals surface area contributed by atoms with Crippen molar-refractivity contribution in [3.05, 3.63) is 52.5 Å². The molecule has 0 unspecified atom stereocenters. The molecule has 3 rings (SSSR count). The Kier molecular flexibility index (Phi) is 5.15. The first-order valence-electron chi connectivity index (χ1n) is 6.47. The fraction of sp³-hybridized carbons (Fsp3) is 0.143. The van der Waals surface area contributed by atoms with Crippen LogP contribution in [0.1, 0.15) is 11.3 Å². The molecule has 5 nitrogen and oxygen atoms in total. The van der Waals surface area contributed by atoms with Gasteiger partial charge in [0.2, 0.25) is 5.91 Å². The number of rotatable bonds is 6. The van der Waals surface area contributed by atoms with E-state index in [1.807, 2.05) is 23.6 Å². The summed E-state index contributed by atoms with van der Waals surface area (Å²) in [4.78, 5) is 16.3. The summed E-state index contributed by atoms with van der Waals surface area (Å²) in [5.41, 5.74) is 3.82. The summed E-state index contributed by atoms with van der Waals surface area (Å²) >= 11 is 4.24. The molecule has 3 aromatic rings. The highest BCUT2D eigenvalue weighted by molar-refractivity contribution is 8.01. The molecule has 2 heterocycles. The summed E-state index contributed by atoms with van der Waals surface area (Å²) in [6.45, 7) is 0. The van der Waals surface area contributed by atoms with Gasteiger partial charge in [-0.1, -0.05) is 53.4 Å². The van der Waals surface area contributed by atoms with Gasteiger partial charge in [-0.05, 0) is 5.56 Å². The van der Waals surface area contributed by atoms with Crippen LogP contribution in [0, 0.1) is 0 Å². The Labute approximate surface area is 139 Å². The summed E-state index contributed by atoms with van der Waals surface area (Å²) in [5.74, 6) is 0.226. The van der Waals surface area contributed by atoms with Gasteiger partial charge in [0.15, 0.2) is 9.47 Å². The molecular weight excluding hydrogens is 336 g/mol.